The van der Waals surface area contributed by atoms with E-state index in [4.69, 9.17) is 5.73 Å². The highest BCUT2D eigenvalue weighted by Crippen LogP contribution is 2.58. The van der Waals surface area contributed by atoms with Gasteiger partial charge in [-0.15, -0.1) is 0 Å². The van der Waals surface area contributed by atoms with E-state index < -0.39 is 0 Å². The standard InChI is InChI=1S/C9H17N/c1-6(2)8-5-9(8,10)7-3-4-7/h6-8H,3-5,10H2,1-2H3. The third kappa shape index (κ3) is 0.800. The average molecular weight is 139 g/mol. The second-order valence-electron chi connectivity index (χ2n) is 4.44. The fraction of sp³-hybridized carbons (Fsp3) is 1.00. The highest BCUT2D eigenvalue weighted by molar-refractivity contribution is 5.16. The maximum absolute atomic E-state index is 6.20. The summed E-state index contributed by atoms with van der Waals surface area (Å²) < 4.78 is 0. The van der Waals surface area contributed by atoms with Crippen LogP contribution in [0.25, 0.3) is 0 Å². The van der Waals surface area contributed by atoms with E-state index in [1.54, 1.807) is 0 Å². The smallest absolute Gasteiger partial charge is 0.0218 e. The Balaban J connectivity index is 1.96. The molecule has 0 bridgehead atoms. The third-order valence-corrected chi connectivity index (χ3v) is 3.25. The van der Waals surface area contributed by atoms with Crippen molar-refractivity contribution in [3.63, 3.8) is 0 Å². The van der Waals surface area contributed by atoms with Gasteiger partial charge < -0.3 is 5.73 Å². The SMILES string of the molecule is CC(C)C1CC1(N)C1CC1. The predicted molar refractivity (Wildman–Crippen MR) is 42.6 cm³/mol. The van der Waals surface area contributed by atoms with Gasteiger partial charge in [0, 0.05) is 5.54 Å². The highest BCUT2D eigenvalue weighted by atomic mass is 14.9. The van der Waals surface area contributed by atoms with Crippen LogP contribution >= 0.6 is 0 Å². The van der Waals surface area contributed by atoms with E-state index >= 15 is 0 Å². The molecule has 2 saturated carbocycles. The number of rotatable bonds is 2. The molecule has 0 aromatic heterocycles. The van der Waals surface area contributed by atoms with Crippen molar-refractivity contribution in [2.75, 3.05) is 0 Å². The maximum atomic E-state index is 6.20. The van der Waals surface area contributed by atoms with Gasteiger partial charge in [0.25, 0.3) is 0 Å². The molecule has 2 unspecified atom stereocenters. The Hall–Kier alpha value is -0.0400. The van der Waals surface area contributed by atoms with E-state index in [1.807, 2.05) is 0 Å². The molecule has 2 fully saturated rings. The summed E-state index contributed by atoms with van der Waals surface area (Å²) in [5.41, 5.74) is 6.50. The van der Waals surface area contributed by atoms with Gasteiger partial charge in [0.05, 0.1) is 0 Å². The number of hydrogen-bond acceptors (Lipinski definition) is 1. The van der Waals surface area contributed by atoms with Crippen LogP contribution in [0.3, 0.4) is 0 Å². The van der Waals surface area contributed by atoms with Crippen LogP contribution in [0.5, 0.6) is 0 Å². The Morgan fingerprint density at radius 2 is 2.00 bits per heavy atom. The summed E-state index contributed by atoms with van der Waals surface area (Å²) in [5.74, 6) is 2.56. The lowest BCUT2D eigenvalue weighted by Crippen LogP contribution is -2.28. The molecule has 0 saturated heterocycles. The topological polar surface area (TPSA) is 26.0 Å². The Morgan fingerprint density at radius 3 is 2.30 bits per heavy atom. The van der Waals surface area contributed by atoms with Crippen molar-refractivity contribution < 1.29 is 0 Å². The molecule has 0 aromatic carbocycles. The summed E-state index contributed by atoms with van der Waals surface area (Å²) >= 11 is 0. The molecule has 2 rings (SSSR count). The first kappa shape index (κ1) is 6.66. The molecule has 58 valence electrons. The van der Waals surface area contributed by atoms with Gasteiger partial charge in [-0.3, -0.25) is 0 Å². The van der Waals surface area contributed by atoms with Crippen LogP contribution in [0.1, 0.15) is 33.1 Å². The summed E-state index contributed by atoms with van der Waals surface area (Å²) in [6.07, 6.45) is 4.11. The lowest BCUT2D eigenvalue weighted by Gasteiger charge is -2.11. The molecule has 0 radical (unpaired) electrons. The van der Waals surface area contributed by atoms with Crippen LogP contribution in [-0.4, -0.2) is 5.54 Å². The quantitative estimate of drug-likeness (QED) is 0.620. The van der Waals surface area contributed by atoms with Gasteiger partial charge in [0.2, 0.25) is 0 Å². The molecule has 10 heavy (non-hydrogen) atoms. The summed E-state index contributed by atoms with van der Waals surface area (Å²) in [4.78, 5) is 0. The monoisotopic (exact) mass is 139 g/mol. The summed E-state index contributed by atoms with van der Waals surface area (Å²) in [5, 5.41) is 0. The minimum atomic E-state index is 0.300. The van der Waals surface area contributed by atoms with Gasteiger partial charge in [-0.1, -0.05) is 13.8 Å². The van der Waals surface area contributed by atoms with Crippen LogP contribution in [0.15, 0.2) is 0 Å². The summed E-state index contributed by atoms with van der Waals surface area (Å²) in [6.45, 7) is 4.59. The van der Waals surface area contributed by atoms with Crippen molar-refractivity contribution in [1.29, 1.82) is 0 Å². The minimum absolute atomic E-state index is 0.300. The van der Waals surface area contributed by atoms with Gasteiger partial charge in [-0.25, -0.2) is 0 Å². The van der Waals surface area contributed by atoms with Crippen molar-refractivity contribution >= 4 is 0 Å². The lowest BCUT2D eigenvalue weighted by atomic mass is 10.0. The summed E-state index contributed by atoms with van der Waals surface area (Å²) in [7, 11) is 0. The molecule has 0 heterocycles. The molecule has 0 amide bonds. The molecule has 1 heteroatoms. The maximum Gasteiger partial charge on any atom is 0.0218 e. The second kappa shape index (κ2) is 1.76. The van der Waals surface area contributed by atoms with Crippen LogP contribution in [0, 0.1) is 17.8 Å². The number of hydrogen-bond donors (Lipinski definition) is 1. The van der Waals surface area contributed by atoms with E-state index in [9.17, 15) is 0 Å². The van der Waals surface area contributed by atoms with Gasteiger partial charge in [-0.05, 0) is 37.0 Å². The number of nitrogens with two attached hydrogens (primary N) is 1. The van der Waals surface area contributed by atoms with E-state index in [0.717, 1.165) is 17.8 Å². The molecule has 2 aliphatic rings. The molecule has 0 spiro atoms. The van der Waals surface area contributed by atoms with Crippen LogP contribution < -0.4 is 5.73 Å². The first-order valence-electron chi connectivity index (χ1n) is 4.43. The normalized spacial score (nSPS) is 46.2. The predicted octanol–water partition coefficient (Wildman–Crippen LogP) is 1.77. The van der Waals surface area contributed by atoms with Gasteiger partial charge in [0.1, 0.15) is 0 Å². The Bertz CT molecular complexity index is 149. The fourth-order valence-electron chi connectivity index (χ4n) is 2.27. The van der Waals surface area contributed by atoms with Crippen molar-refractivity contribution in [3.8, 4) is 0 Å². The third-order valence-electron chi connectivity index (χ3n) is 3.25. The van der Waals surface area contributed by atoms with Crippen LogP contribution in [-0.2, 0) is 0 Å². The fourth-order valence-corrected chi connectivity index (χ4v) is 2.27. The van der Waals surface area contributed by atoms with E-state index in [0.29, 0.717) is 5.54 Å². The molecule has 2 aliphatic carbocycles. The zero-order valence-corrected chi connectivity index (χ0v) is 6.93. The molecular formula is C9H17N. The molecule has 0 aliphatic heterocycles. The first-order valence-corrected chi connectivity index (χ1v) is 4.43. The Morgan fingerprint density at radius 1 is 1.40 bits per heavy atom. The Labute approximate surface area is 63.0 Å². The first-order chi connectivity index (χ1) is 4.64. The highest BCUT2D eigenvalue weighted by Gasteiger charge is 2.59. The Kier molecular flexibility index (Phi) is 1.17. The molecular weight excluding hydrogens is 122 g/mol. The molecule has 0 aromatic rings. The minimum Gasteiger partial charge on any atom is -0.325 e. The van der Waals surface area contributed by atoms with Crippen molar-refractivity contribution in [3.05, 3.63) is 0 Å². The molecule has 2 N–H and O–H groups in total. The largest absolute Gasteiger partial charge is 0.325 e. The van der Waals surface area contributed by atoms with Crippen molar-refractivity contribution in [1.82, 2.24) is 0 Å². The van der Waals surface area contributed by atoms with Gasteiger partial charge >= 0.3 is 0 Å². The lowest BCUT2D eigenvalue weighted by molar-refractivity contribution is 0.444. The second-order valence-corrected chi connectivity index (χ2v) is 4.44. The molecule has 2 atom stereocenters. The van der Waals surface area contributed by atoms with Crippen molar-refractivity contribution in [2.45, 2.75) is 38.6 Å². The summed E-state index contributed by atoms with van der Waals surface area (Å²) in [6, 6.07) is 0. The zero-order chi connectivity index (χ0) is 7.35. The van der Waals surface area contributed by atoms with Crippen LogP contribution in [0.4, 0.5) is 0 Å². The van der Waals surface area contributed by atoms with E-state index in [1.165, 1.54) is 19.3 Å². The van der Waals surface area contributed by atoms with E-state index in [-0.39, 0.29) is 0 Å². The zero-order valence-electron chi connectivity index (χ0n) is 6.93. The van der Waals surface area contributed by atoms with Crippen LogP contribution in [0.2, 0.25) is 0 Å². The average Bonchev–Trinajstić information content (AvgIpc) is 2.49. The van der Waals surface area contributed by atoms with Crippen molar-refractivity contribution in [2.24, 2.45) is 23.5 Å². The van der Waals surface area contributed by atoms with E-state index in [2.05, 4.69) is 13.8 Å². The molecule has 1 nitrogen and oxygen atoms in total. The van der Waals surface area contributed by atoms with Gasteiger partial charge in [-0.2, -0.15) is 0 Å². The van der Waals surface area contributed by atoms with Gasteiger partial charge in [0.15, 0.2) is 0 Å².